The van der Waals surface area contributed by atoms with Gasteiger partial charge in [-0.1, -0.05) is 27.5 Å². The predicted molar refractivity (Wildman–Crippen MR) is 65.3 cm³/mol. The number of hydrogen-bond donors (Lipinski definition) is 2. The molecule has 0 fully saturated rings. The van der Waals surface area contributed by atoms with Crippen LogP contribution in [0.4, 0.5) is 0 Å². The van der Waals surface area contributed by atoms with Crippen LogP contribution >= 0.6 is 27.5 Å². The summed E-state index contributed by atoms with van der Waals surface area (Å²) in [4.78, 5) is 15.1. The first-order valence-electron chi connectivity index (χ1n) is 4.67. The molecule has 2 unspecified atom stereocenters. The van der Waals surface area contributed by atoms with E-state index in [1.807, 2.05) is 0 Å². The Kier molecular flexibility index (Phi) is 5.32. The van der Waals surface area contributed by atoms with Crippen molar-refractivity contribution in [3.8, 4) is 0 Å². The number of esters is 1. The van der Waals surface area contributed by atoms with E-state index in [1.165, 1.54) is 19.4 Å². The number of rotatable bonds is 4. The van der Waals surface area contributed by atoms with Gasteiger partial charge in [-0.05, 0) is 6.07 Å². The van der Waals surface area contributed by atoms with E-state index in [1.54, 1.807) is 0 Å². The quantitative estimate of drug-likeness (QED) is 0.496. The van der Waals surface area contributed by atoms with Crippen LogP contribution in [-0.4, -0.2) is 39.7 Å². The summed E-state index contributed by atoms with van der Waals surface area (Å²) in [6, 6.07) is 1.34. The van der Waals surface area contributed by atoms with Gasteiger partial charge in [0.05, 0.1) is 18.8 Å². The molecule has 0 aromatic carbocycles. The molecule has 1 heterocycles. The number of ether oxygens (including phenoxy) is 1. The van der Waals surface area contributed by atoms with Crippen molar-refractivity contribution < 1.29 is 19.7 Å². The maximum atomic E-state index is 11.3. The number of aliphatic hydroxyl groups is 2. The number of alkyl halides is 1. The van der Waals surface area contributed by atoms with Crippen molar-refractivity contribution in [3.63, 3.8) is 0 Å². The lowest BCUT2D eigenvalue weighted by Gasteiger charge is -2.16. The van der Waals surface area contributed by atoms with Crippen LogP contribution < -0.4 is 0 Å². The lowest BCUT2D eigenvalue weighted by molar-refractivity contribution is 0.0338. The molecule has 0 aliphatic carbocycles. The number of carbonyl (C=O) groups excluding carboxylic acids is 1. The van der Waals surface area contributed by atoms with Gasteiger partial charge < -0.3 is 14.9 Å². The molecule has 0 saturated heterocycles. The van der Waals surface area contributed by atoms with Gasteiger partial charge >= 0.3 is 5.97 Å². The first-order chi connectivity index (χ1) is 8.01. The molecule has 0 spiro atoms. The summed E-state index contributed by atoms with van der Waals surface area (Å²) in [6.07, 6.45) is -0.850. The molecule has 5 nitrogen and oxygen atoms in total. The van der Waals surface area contributed by atoms with Crippen LogP contribution in [0, 0.1) is 0 Å². The number of methoxy groups -OCH3 is 1. The van der Waals surface area contributed by atoms with Crippen molar-refractivity contribution in [1.82, 2.24) is 4.98 Å². The number of pyridine rings is 1. The Hall–Kier alpha value is -0.690. The molecule has 0 saturated carbocycles. The van der Waals surface area contributed by atoms with Gasteiger partial charge in [0, 0.05) is 17.1 Å². The molecule has 2 N–H and O–H groups in total. The van der Waals surface area contributed by atoms with Crippen LogP contribution in [0.5, 0.6) is 0 Å². The predicted octanol–water partition coefficient (Wildman–Crippen LogP) is 1.31. The van der Waals surface area contributed by atoms with Crippen LogP contribution in [0.3, 0.4) is 0 Å². The average Bonchev–Trinajstić information content (AvgIpc) is 2.36. The lowest BCUT2D eigenvalue weighted by atomic mass is 10.1. The van der Waals surface area contributed by atoms with E-state index in [4.69, 9.17) is 11.6 Å². The summed E-state index contributed by atoms with van der Waals surface area (Å²) in [5.74, 6) is -0.648. The van der Waals surface area contributed by atoms with Crippen molar-refractivity contribution in [2.45, 2.75) is 12.2 Å². The number of halogens is 2. The van der Waals surface area contributed by atoms with Crippen LogP contribution in [0.1, 0.15) is 22.0 Å². The third-order valence-electron chi connectivity index (χ3n) is 2.13. The molecular weight excluding hydrogens is 313 g/mol. The second-order valence-electron chi connectivity index (χ2n) is 3.27. The van der Waals surface area contributed by atoms with Crippen molar-refractivity contribution in [1.29, 1.82) is 0 Å². The topological polar surface area (TPSA) is 79.7 Å². The Morgan fingerprint density at radius 1 is 1.65 bits per heavy atom. The largest absolute Gasteiger partial charge is 0.465 e. The molecule has 2 atom stereocenters. The van der Waals surface area contributed by atoms with Gasteiger partial charge in [0.15, 0.2) is 0 Å². The highest BCUT2D eigenvalue weighted by Crippen LogP contribution is 2.22. The molecule has 0 bridgehead atoms. The van der Waals surface area contributed by atoms with E-state index in [0.717, 1.165) is 0 Å². The van der Waals surface area contributed by atoms with E-state index in [2.05, 4.69) is 25.7 Å². The maximum Gasteiger partial charge on any atom is 0.341 e. The van der Waals surface area contributed by atoms with Crippen LogP contribution in [0.15, 0.2) is 12.3 Å². The highest BCUT2D eigenvalue weighted by Gasteiger charge is 2.21. The minimum Gasteiger partial charge on any atom is -0.465 e. The molecule has 0 amide bonds. The zero-order valence-electron chi connectivity index (χ0n) is 8.93. The summed E-state index contributed by atoms with van der Waals surface area (Å²) < 4.78 is 4.52. The van der Waals surface area contributed by atoms with E-state index in [9.17, 15) is 15.0 Å². The summed E-state index contributed by atoms with van der Waals surface area (Å²) in [7, 11) is 1.22. The molecule has 1 aromatic heterocycles. The minimum absolute atomic E-state index is 0.0128. The zero-order valence-corrected chi connectivity index (χ0v) is 11.3. The summed E-state index contributed by atoms with van der Waals surface area (Å²) in [5.41, 5.74) is 0.342. The third kappa shape index (κ3) is 3.38. The highest BCUT2D eigenvalue weighted by molar-refractivity contribution is 9.09. The minimum atomic E-state index is -1.15. The average molecular weight is 325 g/mol. The monoisotopic (exact) mass is 323 g/mol. The van der Waals surface area contributed by atoms with Crippen LogP contribution in [-0.2, 0) is 4.74 Å². The van der Waals surface area contributed by atoms with Crippen molar-refractivity contribution in [2.75, 3.05) is 12.4 Å². The Morgan fingerprint density at radius 3 is 2.82 bits per heavy atom. The Morgan fingerprint density at radius 2 is 2.29 bits per heavy atom. The normalized spacial score (nSPS) is 14.2. The second-order valence-corrected chi connectivity index (χ2v) is 4.27. The van der Waals surface area contributed by atoms with Crippen molar-refractivity contribution in [3.05, 3.63) is 28.5 Å². The number of aromatic nitrogens is 1. The number of carbonyl (C=O) groups is 1. The molecule has 0 aliphatic heterocycles. The van der Waals surface area contributed by atoms with Gasteiger partial charge in [-0.2, -0.15) is 0 Å². The van der Waals surface area contributed by atoms with E-state index in [0.29, 0.717) is 5.56 Å². The van der Waals surface area contributed by atoms with Gasteiger partial charge in [-0.25, -0.2) is 9.78 Å². The number of nitrogens with zero attached hydrogens (tertiary/aromatic N) is 1. The second kappa shape index (κ2) is 6.30. The highest BCUT2D eigenvalue weighted by atomic mass is 79.9. The fourth-order valence-electron chi connectivity index (χ4n) is 1.19. The van der Waals surface area contributed by atoms with Crippen LogP contribution in [0.25, 0.3) is 0 Å². The van der Waals surface area contributed by atoms with E-state index in [-0.39, 0.29) is 16.0 Å². The smallest absolute Gasteiger partial charge is 0.341 e. The molecule has 7 heteroatoms. The first-order valence-corrected chi connectivity index (χ1v) is 6.17. The van der Waals surface area contributed by atoms with Crippen molar-refractivity contribution in [2.24, 2.45) is 0 Å². The Labute approximate surface area is 112 Å². The van der Waals surface area contributed by atoms with Gasteiger partial charge in [0.1, 0.15) is 11.3 Å². The molecule has 1 rings (SSSR count). The Balaban J connectivity index is 3.08. The van der Waals surface area contributed by atoms with Gasteiger partial charge in [0.25, 0.3) is 0 Å². The fraction of sp³-hybridized carbons (Fsp3) is 0.400. The molecule has 1 aromatic rings. The maximum absolute atomic E-state index is 11.3. The zero-order chi connectivity index (χ0) is 13.0. The van der Waals surface area contributed by atoms with E-state index < -0.39 is 18.2 Å². The number of aliphatic hydroxyl groups excluding tert-OH is 2. The van der Waals surface area contributed by atoms with Crippen molar-refractivity contribution >= 4 is 33.5 Å². The van der Waals surface area contributed by atoms with Crippen LogP contribution in [0.2, 0.25) is 5.15 Å². The van der Waals surface area contributed by atoms with Gasteiger partial charge in [-0.15, -0.1) is 0 Å². The van der Waals surface area contributed by atoms with Gasteiger partial charge in [-0.3, -0.25) is 0 Å². The van der Waals surface area contributed by atoms with E-state index >= 15 is 0 Å². The summed E-state index contributed by atoms with van der Waals surface area (Å²) >= 11 is 8.76. The molecule has 17 heavy (non-hydrogen) atoms. The third-order valence-corrected chi connectivity index (χ3v) is 3.09. The number of hydrogen-bond acceptors (Lipinski definition) is 5. The fourth-order valence-corrected chi connectivity index (χ4v) is 1.72. The first kappa shape index (κ1) is 14.4. The summed E-state index contributed by atoms with van der Waals surface area (Å²) in [5, 5.41) is 19.4. The molecular formula is C10H11BrClNO4. The summed E-state index contributed by atoms with van der Waals surface area (Å²) in [6.45, 7) is 0. The Bertz CT molecular complexity index is 415. The lowest BCUT2D eigenvalue weighted by Crippen LogP contribution is -2.20. The SMILES string of the molecule is COC(=O)c1cc(C(O)C(O)CBr)cnc1Cl. The molecule has 0 radical (unpaired) electrons. The standard InChI is InChI=1S/C10H11BrClNO4/c1-17-10(16)6-2-5(4-13-9(6)12)8(15)7(14)3-11/h2,4,7-8,14-15H,3H2,1H3. The van der Waals surface area contributed by atoms with Gasteiger partial charge in [0.2, 0.25) is 0 Å². The molecule has 94 valence electrons. The molecule has 0 aliphatic rings.